The van der Waals surface area contributed by atoms with Crippen molar-refractivity contribution in [3.05, 3.63) is 204 Å². The van der Waals surface area contributed by atoms with Crippen molar-refractivity contribution >= 4 is 59.4 Å². The normalized spacial score (nSPS) is 13.9. The fourth-order valence-corrected chi connectivity index (χ4v) is 10.7. The molecule has 0 saturated carbocycles. The molecule has 0 aliphatic heterocycles. The highest BCUT2D eigenvalue weighted by Gasteiger charge is 2.51. The lowest BCUT2D eigenvalue weighted by Crippen LogP contribution is -2.25. The molecule has 2 aliphatic rings. The molecule has 0 radical (unpaired) electrons. The van der Waals surface area contributed by atoms with Crippen LogP contribution >= 0.6 is 10.0 Å². The molecule has 0 bridgehead atoms. The Morgan fingerprint density at radius 3 is 1.26 bits per heavy atom. The largest absolute Gasteiger partial charge is 0.310 e. The van der Waals surface area contributed by atoms with E-state index in [2.05, 4.69) is 206 Å². The third-order valence-electron chi connectivity index (χ3n) is 12.0. The van der Waals surface area contributed by atoms with Gasteiger partial charge in [-0.1, -0.05) is 133 Å². The molecule has 0 atom stereocenters. The number of hydrogen-bond donors (Lipinski definition) is 0. The second-order valence-electron chi connectivity index (χ2n) is 15.6. The van der Waals surface area contributed by atoms with E-state index in [0.29, 0.717) is 0 Å². The number of benzene rings is 9. The minimum Gasteiger partial charge on any atom is -0.310 e. The third kappa shape index (κ3) is 4.29. The van der Waals surface area contributed by atoms with Crippen molar-refractivity contribution in [2.24, 2.45) is 0 Å². The Morgan fingerprint density at radius 2 is 0.722 bits per heavy atom. The zero-order valence-electron chi connectivity index (χ0n) is 30.7. The molecular weight excluding hydrogens is 671 g/mol. The minimum atomic E-state index is -0.870. The molecule has 0 unspecified atom stereocenters. The van der Waals surface area contributed by atoms with E-state index < -0.39 is 10.0 Å². The van der Waals surface area contributed by atoms with E-state index in [1.165, 1.54) is 81.7 Å². The summed E-state index contributed by atoms with van der Waals surface area (Å²) in [6.07, 6.45) is 7.10. The number of anilines is 3. The first kappa shape index (κ1) is 31.4. The van der Waals surface area contributed by atoms with Crippen LogP contribution in [0.2, 0.25) is 0 Å². The van der Waals surface area contributed by atoms with Crippen molar-refractivity contribution in [2.45, 2.75) is 10.3 Å². The lowest BCUT2D eigenvalue weighted by atomic mass is 9.70. The maximum absolute atomic E-state index is 2.47. The van der Waals surface area contributed by atoms with Gasteiger partial charge in [0.25, 0.3) is 0 Å². The second kappa shape index (κ2) is 11.5. The predicted molar refractivity (Wildman–Crippen MR) is 234 cm³/mol. The monoisotopic (exact) mass is 709 g/mol. The highest BCUT2D eigenvalue weighted by atomic mass is 32.3. The summed E-state index contributed by atoms with van der Waals surface area (Å²) in [4.78, 5) is 3.88. The zero-order chi connectivity index (χ0) is 36.2. The van der Waals surface area contributed by atoms with Crippen LogP contribution in [0.1, 0.15) is 22.3 Å². The molecule has 1 spiro atoms. The Labute approximate surface area is 318 Å². The molecular formula is C52H39NS. The zero-order valence-corrected chi connectivity index (χ0v) is 31.5. The van der Waals surface area contributed by atoms with Gasteiger partial charge in [-0.3, -0.25) is 0 Å². The topological polar surface area (TPSA) is 3.24 Å². The van der Waals surface area contributed by atoms with E-state index >= 15 is 0 Å². The van der Waals surface area contributed by atoms with E-state index in [0.717, 1.165) is 17.1 Å². The van der Waals surface area contributed by atoms with Crippen molar-refractivity contribution < 1.29 is 0 Å². The molecule has 11 rings (SSSR count). The Morgan fingerprint density at radius 1 is 0.333 bits per heavy atom. The number of hydrogen-bond acceptors (Lipinski definition) is 1. The van der Waals surface area contributed by atoms with Crippen LogP contribution < -0.4 is 4.90 Å². The first-order valence-electron chi connectivity index (χ1n) is 18.8. The minimum absolute atomic E-state index is 0.359. The molecule has 1 nitrogen and oxygen atoms in total. The highest BCUT2D eigenvalue weighted by Crippen LogP contribution is 2.63. The van der Waals surface area contributed by atoms with Gasteiger partial charge in [-0.2, -0.15) is 0 Å². The molecule has 2 aliphatic carbocycles. The number of fused-ring (bicyclic) bond motifs is 16. The van der Waals surface area contributed by atoms with Gasteiger partial charge >= 0.3 is 0 Å². The highest BCUT2D eigenvalue weighted by molar-refractivity contribution is 8.32. The number of nitrogens with zero attached hydrogens (tertiary/aromatic N) is 1. The molecule has 258 valence electrons. The average molecular weight is 710 g/mol. The van der Waals surface area contributed by atoms with Crippen LogP contribution in [0, 0.1) is 0 Å². The van der Waals surface area contributed by atoms with Gasteiger partial charge in [-0.25, -0.2) is 10.0 Å². The third-order valence-corrected chi connectivity index (χ3v) is 13.7. The molecule has 54 heavy (non-hydrogen) atoms. The standard InChI is InChI=1S/C52H39NS/c1-54(2,3)37-28-24-34(25-29-37)53(35-26-30-42-40-16-5-4-14-38(40)39-15-6-7-17-41(39)46(42)32-35)36-27-31-51-47(33-36)45-20-10-13-23-50(45)52(51)48-21-11-8-18-43(48)44-19-9-12-22-49(44)52/h4-33H,1-3H3. The summed E-state index contributed by atoms with van der Waals surface area (Å²) in [6, 6.07) is 68.5. The van der Waals surface area contributed by atoms with Crippen LogP contribution in [-0.2, 0) is 5.41 Å². The van der Waals surface area contributed by atoms with Gasteiger partial charge in [0.15, 0.2) is 0 Å². The molecule has 2 heteroatoms. The van der Waals surface area contributed by atoms with Crippen LogP contribution in [0.5, 0.6) is 0 Å². The van der Waals surface area contributed by atoms with Crippen LogP contribution in [0.3, 0.4) is 0 Å². The van der Waals surface area contributed by atoms with Gasteiger partial charge in [0.2, 0.25) is 0 Å². The van der Waals surface area contributed by atoms with Gasteiger partial charge in [-0.15, -0.1) is 0 Å². The molecule has 9 aromatic carbocycles. The van der Waals surface area contributed by atoms with Crippen molar-refractivity contribution in [1.82, 2.24) is 0 Å². The predicted octanol–water partition coefficient (Wildman–Crippen LogP) is 14.0. The summed E-state index contributed by atoms with van der Waals surface area (Å²) in [5.41, 5.74) is 13.8. The van der Waals surface area contributed by atoms with Gasteiger partial charge in [0.1, 0.15) is 0 Å². The van der Waals surface area contributed by atoms with Crippen molar-refractivity contribution in [3.63, 3.8) is 0 Å². The maximum Gasteiger partial charge on any atom is 0.0725 e. The van der Waals surface area contributed by atoms with Crippen LogP contribution in [0.15, 0.2) is 187 Å². The Kier molecular flexibility index (Phi) is 6.67. The molecule has 0 N–H and O–H groups in total. The summed E-state index contributed by atoms with van der Waals surface area (Å²) in [7, 11) is -0.870. The van der Waals surface area contributed by atoms with Crippen LogP contribution in [0.25, 0.3) is 54.6 Å². The summed E-state index contributed by atoms with van der Waals surface area (Å²) < 4.78 is 0. The van der Waals surface area contributed by atoms with Crippen molar-refractivity contribution in [1.29, 1.82) is 0 Å². The van der Waals surface area contributed by atoms with E-state index in [-0.39, 0.29) is 5.41 Å². The average Bonchev–Trinajstić information content (AvgIpc) is 3.68. The summed E-state index contributed by atoms with van der Waals surface area (Å²) in [5, 5.41) is 7.71. The molecule has 0 aromatic heterocycles. The van der Waals surface area contributed by atoms with Gasteiger partial charge in [0.05, 0.1) is 5.41 Å². The van der Waals surface area contributed by atoms with Gasteiger partial charge in [0, 0.05) is 17.1 Å². The van der Waals surface area contributed by atoms with Crippen molar-refractivity contribution in [3.8, 4) is 22.3 Å². The molecule has 9 aromatic rings. The second-order valence-corrected chi connectivity index (χ2v) is 19.7. The smallest absolute Gasteiger partial charge is 0.0725 e. The summed E-state index contributed by atoms with van der Waals surface area (Å²) in [5.74, 6) is 0. The summed E-state index contributed by atoms with van der Waals surface area (Å²) in [6.45, 7) is 0. The van der Waals surface area contributed by atoms with Crippen LogP contribution in [0.4, 0.5) is 17.1 Å². The maximum atomic E-state index is 2.47. The van der Waals surface area contributed by atoms with Crippen LogP contribution in [-0.4, -0.2) is 18.8 Å². The Bertz CT molecular complexity index is 2900. The lowest BCUT2D eigenvalue weighted by Gasteiger charge is -2.31. The quantitative estimate of drug-likeness (QED) is 0.164. The van der Waals surface area contributed by atoms with Gasteiger partial charge < -0.3 is 4.90 Å². The summed E-state index contributed by atoms with van der Waals surface area (Å²) >= 11 is 0. The van der Waals surface area contributed by atoms with E-state index in [9.17, 15) is 0 Å². The number of rotatable bonds is 4. The molecule has 0 fully saturated rings. The fraction of sp³-hybridized carbons (Fsp3) is 0.0769. The fourth-order valence-electron chi connectivity index (χ4n) is 9.71. The van der Waals surface area contributed by atoms with E-state index in [1.807, 2.05) is 0 Å². The Hall–Kier alpha value is -6.09. The van der Waals surface area contributed by atoms with Gasteiger partial charge in [-0.05, 0) is 149 Å². The first-order chi connectivity index (χ1) is 26.4. The molecule has 0 saturated heterocycles. The first-order valence-corrected chi connectivity index (χ1v) is 21.6. The lowest BCUT2D eigenvalue weighted by molar-refractivity contribution is 0.794. The van der Waals surface area contributed by atoms with E-state index in [4.69, 9.17) is 0 Å². The molecule has 0 amide bonds. The Balaban J connectivity index is 1.17. The SMILES string of the molecule is CS(C)(C)c1ccc(N(c2ccc3c(c2)-c2ccccc2C32c3ccccc3-c3ccccc32)c2ccc3c4ccccc4c4ccccc4c3c2)cc1. The van der Waals surface area contributed by atoms with Crippen molar-refractivity contribution in [2.75, 3.05) is 23.7 Å². The molecule has 0 heterocycles. The van der Waals surface area contributed by atoms with E-state index in [1.54, 1.807) is 0 Å².